The van der Waals surface area contributed by atoms with Gasteiger partial charge in [0.2, 0.25) is 0 Å². The lowest BCUT2D eigenvalue weighted by molar-refractivity contribution is -0.384. The number of aryl methyl sites for hydroxylation is 2. The number of esters is 1. The molecular weight excluding hydrogens is 416 g/mol. The number of nitrogens with zero attached hydrogens (tertiary/aromatic N) is 2. The van der Waals surface area contributed by atoms with Gasteiger partial charge < -0.3 is 18.8 Å². The number of morpholine rings is 1. The summed E-state index contributed by atoms with van der Waals surface area (Å²) in [6.07, 6.45) is 0. The zero-order chi connectivity index (χ0) is 22.8. The molecule has 0 atom stereocenters. The summed E-state index contributed by atoms with van der Waals surface area (Å²) >= 11 is 0. The standard InChI is InChI=1S/C23H22N2O7/c1-14-3-5-18-16(11-21(26)32-22(18)15(14)2)13-31-23(27)19-12-17(25(28)29)4-6-20(19)24-7-9-30-10-8-24/h3-6,11-12H,7-10,13H2,1-2H3. The fourth-order valence-electron chi connectivity index (χ4n) is 3.75. The average molecular weight is 438 g/mol. The van der Waals surface area contributed by atoms with Crippen LogP contribution in [0.4, 0.5) is 11.4 Å². The van der Waals surface area contributed by atoms with E-state index >= 15 is 0 Å². The highest BCUT2D eigenvalue weighted by Crippen LogP contribution is 2.28. The van der Waals surface area contributed by atoms with E-state index in [0.29, 0.717) is 48.5 Å². The minimum Gasteiger partial charge on any atom is -0.457 e. The van der Waals surface area contributed by atoms with E-state index in [1.807, 2.05) is 30.9 Å². The Kier molecular flexibility index (Phi) is 5.91. The lowest BCUT2D eigenvalue weighted by Crippen LogP contribution is -2.37. The van der Waals surface area contributed by atoms with E-state index < -0.39 is 16.5 Å². The van der Waals surface area contributed by atoms with Crippen LogP contribution in [0.5, 0.6) is 0 Å². The summed E-state index contributed by atoms with van der Waals surface area (Å²) < 4.78 is 16.2. The van der Waals surface area contributed by atoms with Gasteiger partial charge in [0.05, 0.1) is 29.4 Å². The summed E-state index contributed by atoms with van der Waals surface area (Å²) in [5, 5.41) is 11.9. The van der Waals surface area contributed by atoms with Crippen LogP contribution in [0.3, 0.4) is 0 Å². The van der Waals surface area contributed by atoms with E-state index in [1.54, 1.807) is 6.07 Å². The fourth-order valence-corrected chi connectivity index (χ4v) is 3.75. The van der Waals surface area contributed by atoms with Crippen molar-refractivity contribution in [1.82, 2.24) is 0 Å². The van der Waals surface area contributed by atoms with Crippen LogP contribution in [-0.4, -0.2) is 37.2 Å². The lowest BCUT2D eigenvalue weighted by Gasteiger charge is -2.30. The number of hydrogen-bond acceptors (Lipinski definition) is 8. The molecule has 9 heteroatoms. The molecule has 0 saturated carbocycles. The third kappa shape index (κ3) is 4.19. The maximum absolute atomic E-state index is 13.0. The van der Waals surface area contributed by atoms with Gasteiger partial charge in [-0.3, -0.25) is 10.1 Å². The van der Waals surface area contributed by atoms with Crippen molar-refractivity contribution in [3.63, 3.8) is 0 Å². The molecule has 1 aliphatic heterocycles. The quantitative estimate of drug-likeness (QED) is 0.257. The first-order valence-electron chi connectivity index (χ1n) is 10.2. The first kappa shape index (κ1) is 21.5. The van der Waals surface area contributed by atoms with E-state index in [2.05, 4.69) is 0 Å². The number of non-ortho nitro benzene ring substituents is 1. The Morgan fingerprint density at radius 2 is 1.91 bits per heavy atom. The number of rotatable bonds is 5. The number of ether oxygens (including phenoxy) is 2. The maximum Gasteiger partial charge on any atom is 0.340 e. The molecule has 0 aliphatic carbocycles. The molecule has 1 aromatic heterocycles. The molecule has 2 heterocycles. The first-order chi connectivity index (χ1) is 15.3. The number of nitro groups is 1. The van der Waals surface area contributed by atoms with Crippen molar-refractivity contribution in [3.8, 4) is 0 Å². The summed E-state index contributed by atoms with van der Waals surface area (Å²) in [7, 11) is 0. The third-order valence-corrected chi connectivity index (χ3v) is 5.64. The highest BCUT2D eigenvalue weighted by Gasteiger charge is 2.23. The van der Waals surface area contributed by atoms with Gasteiger partial charge in [0.15, 0.2) is 0 Å². The van der Waals surface area contributed by atoms with E-state index in [4.69, 9.17) is 13.9 Å². The molecule has 4 rings (SSSR count). The molecular formula is C23H22N2O7. The highest BCUT2D eigenvalue weighted by atomic mass is 16.6. The van der Waals surface area contributed by atoms with E-state index in [1.165, 1.54) is 18.2 Å². The molecule has 2 aromatic carbocycles. The van der Waals surface area contributed by atoms with Crippen LogP contribution < -0.4 is 10.5 Å². The minimum atomic E-state index is -0.708. The van der Waals surface area contributed by atoms with E-state index in [9.17, 15) is 19.7 Å². The van der Waals surface area contributed by atoms with Crippen LogP contribution in [0, 0.1) is 24.0 Å². The van der Waals surface area contributed by atoms with Crippen LogP contribution in [0.2, 0.25) is 0 Å². The van der Waals surface area contributed by atoms with Crippen LogP contribution >= 0.6 is 0 Å². The second-order valence-electron chi connectivity index (χ2n) is 7.61. The summed E-state index contributed by atoms with van der Waals surface area (Å²) in [4.78, 5) is 37.7. The van der Waals surface area contributed by atoms with Gasteiger partial charge in [0.25, 0.3) is 5.69 Å². The molecule has 0 radical (unpaired) electrons. The Morgan fingerprint density at radius 3 is 2.62 bits per heavy atom. The third-order valence-electron chi connectivity index (χ3n) is 5.64. The van der Waals surface area contributed by atoms with Gasteiger partial charge in [0, 0.05) is 42.2 Å². The van der Waals surface area contributed by atoms with Gasteiger partial charge in [0.1, 0.15) is 12.2 Å². The predicted octanol–water partition coefficient (Wildman–Crippen LogP) is 3.51. The van der Waals surface area contributed by atoms with Crippen molar-refractivity contribution in [2.24, 2.45) is 0 Å². The second kappa shape index (κ2) is 8.80. The Labute approximate surface area is 183 Å². The highest BCUT2D eigenvalue weighted by molar-refractivity contribution is 5.97. The first-order valence-corrected chi connectivity index (χ1v) is 10.2. The molecule has 32 heavy (non-hydrogen) atoms. The second-order valence-corrected chi connectivity index (χ2v) is 7.61. The van der Waals surface area contributed by atoms with Crippen LogP contribution in [0.1, 0.15) is 27.0 Å². The number of nitro benzene ring substituents is 1. The van der Waals surface area contributed by atoms with Crippen LogP contribution in [0.25, 0.3) is 11.0 Å². The van der Waals surface area contributed by atoms with E-state index in [0.717, 1.165) is 11.1 Å². The van der Waals surface area contributed by atoms with Gasteiger partial charge >= 0.3 is 11.6 Å². The molecule has 9 nitrogen and oxygen atoms in total. The molecule has 1 aliphatic rings. The SMILES string of the molecule is Cc1ccc2c(COC(=O)c3cc([N+](=O)[O-])ccc3N3CCOCC3)cc(=O)oc2c1C. The van der Waals surface area contributed by atoms with Gasteiger partial charge in [-0.05, 0) is 31.0 Å². The summed E-state index contributed by atoms with van der Waals surface area (Å²) in [6.45, 7) is 5.70. The Bertz CT molecular complexity index is 1260. The van der Waals surface area contributed by atoms with Crippen molar-refractivity contribution in [2.75, 3.05) is 31.2 Å². The Hall–Kier alpha value is -3.72. The van der Waals surface area contributed by atoms with Crippen molar-refractivity contribution in [1.29, 1.82) is 0 Å². The van der Waals surface area contributed by atoms with E-state index in [-0.39, 0.29) is 17.9 Å². The molecule has 0 spiro atoms. The van der Waals surface area contributed by atoms with Gasteiger partial charge in [-0.2, -0.15) is 0 Å². The molecule has 0 bridgehead atoms. The lowest BCUT2D eigenvalue weighted by atomic mass is 10.0. The monoisotopic (exact) mass is 438 g/mol. The zero-order valence-electron chi connectivity index (χ0n) is 17.8. The molecule has 166 valence electrons. The maximum atomic E-state index is 13.0. The largest absolute Gasteiger partial charge is 0.457 e. The van der Waals surface area contributed by atoms with Crippen molar-refractivity contribution < 1.29 is 23.6 Å². The molecule has 1 saturated heterocycles. The Balaban J connectivity index is 1.66. The van der Waals surface area contributed by atoms with Crippen LogP contribution in [0.15, 0.2) is 45.6 Å². The van der Waals surface area contributed by atoms with Gasteiger partial charge in [-0.15, -0.1) is 0 Å². The van der Waals surface area contributed by atoms with Gasteiger partial charge in [-0.25, -0.2) is 9.59 Å². The smallest absolute Gasteiger partial charge is 0.340 e. The van der Waals surface area contributed by atoms with Crippen molar-refractivity contribution >= 4 is 28.3 Å². The summed E-state index contributed by atoms with van der Waals surface area (Å²) in [6, 6.07) is 9.15. The molecule has 0 N–H and O–H groups in total. The number of hydrogen-bond donors (Lipinski definition) is 0. The minimum absolute atomic E-state index is 0.0976. The number of anilines is 1. The molecule has 1 fully saturated rings. The topological polar surface area (TPSA) is 112 Å². The molecule has 3 aromatic rings. The number of benzene rings is 2. The van der Waals surface area contributed by atoms with Crippen LogP contribution in [-0.2, 0) is 16.1 Å². The molecule has 0 amide bonds. The summed E-state index contributed by atoms with van der Waals surface area (Å²) in [5.74, 6) is -0.708. The number of fused-ring (bicyclic) bond motifs is 1. The van der Waals surface area contributed by atoms with Gasteiger partial charge in [-0.1, -0.05) is 12.1 Å². The van der Waals surface area contributed by atoms with Crippen molar-refractivity contribution in [2.45, 2.75) is 20.5 Å². The molecule has 0 unspecified atom stereocenters. The number of carbonyl (C=O) groups excluding carboxylic acids is 1. The predicted molar refractivity (Wildman–Crippen MR) is 117 cm³/mol. The normalized spacial score (nSPS) is 13.9. The zero-order valence-corrected chi connectivity index (χ0v) is 17.8. The average Bonchev–Trinajstić information content (AvgIpc) is 2.80. The Morgan fingerprint density at radius 1 is 1.16 bits per heavy atom. The summed E-state index contributed by atoms with van der Waals surface area (Å²) in [5.41, 5.74) is 2.67. The fraction of sp³-hybridized carbons (Fsp3) is 0.304. The van der Waals surface area contributed by atoms with Crippen molar-refractivity contribution in [3.05, 3.63) is 79.2 Å². The number of carbonyl (C=O) groups is 1.